The van der Waals surface area contributed by atoms with Crippen LogP contribution in [0.2, 0.25) is 0 Å². The van der Waals surface area contributed by atoms with Crippen LogP contribution in [0.25, 0.3) is 10.2 Å². The average molecular weight is 408 g/mol. The fourth-order valence-electron chi connectivity index (χ4n) is 2.45. The summed E-state index contributed by atoms with van der Waals surface area (Å²) in [5, 5.41) is 14.9. The number of aromatic nitrogens is 4. The summed E-state index contributed by atoms with van der Waals surface area (Å²) in [6.07, 6.45) is 4.03. The summed E-state index contributed by atoms with van der Waals surface area (Å²) in [6, 6.07) is 10.6. The Morgan fingerprint density at radius 3 is 2.69 bits per heavy atom. The maximum absolute atomic E-state index is 12.1. The fraction of sp³-hybridized carbons (Fsp3) is 0. The van der Waals surface area contributed by atoms with E-state index in [0.29, 0.717) is 5.13 Å². The molecule has 0 saturated carbocycles. The van der Waals surface area contributed by atoms with Crippen LogP contribution in [-0.2, 0) is 0 Å². The molecule has 0 aliphatic carbocycles. The lowest BCUT2D eigenvalue weighted by Crippen LogP contribution is -2.30. The quantitative estimate of drug-likeness (QED) is 0.323. The largest absolute Gasteiger partial charge is 0.355 e. The molecule has 1 aromatic carbocycles. The van der Waals surface area contributed by atoms with Crippen LogP contribution in [0.4, 0.5) is 22.5 Å². The molecule has 0 aliphatic rings. The van der Waals surface area contributed by atoms with Gasteiger partial charge in [0.15, 0.2) is 5.13 Å². The molecule has 0 aliphatic heterocycles. The monoisotopic (exact) mass is 408 g/mol. The minimum Gasteiger partial charge on any atom is -0.310 e. The number of carbonyl (C=O) groups excluding carboxylic acids is 1. The molecule has 0 unspecified atom stereocenters. The molecule has 0 spiro atoms. The molecule has 29 heavy (non-hydrogen) atoms. The first-order valence-corrected chi connectivity index (χ1v) is 9.02. The first-order chi connectivity index (χ1) is 14.1. The van der Waals surface area contributed by atoms with Gasteiger partial charge in [-0.25, -0.2) is 15.0 Å². The Kier molecular flexibility index (Phi) is 4.90. The Bertz CT molecular complexity index is 1160. The van der Waals surface area contributed by atoms with E-state index in [9.17, 15) is 14.9 Å². The normalized spacial score (nSPS) is 10.5. The second-order valence-electron chi connectivity index (χ2n) is 5.61. The number of nitrogens with zero attached hydrogens (tertiary/aromatic N) is 5. The lowest BCUT2D eigenvalue weighted by atomic mass is 10.3. The highest BCUT2D eigenvalue weighted by Gasteiger charge is 2.24. The highest BCUT2D eigenvalue weighted by atomic mass is 32.1. The van der Waals surface area contributed by atoms with Crippen molar-refractivity contribution in [3.05, 3.63) is 70.8 Å². The van der Waals surface area contributed by atoms with Gasteiger partial charge in [0.1, 0.15) is 6.33 Å². The zero-order valence-corrected chi connectivity index (χ0v) is 15.4. The van der Waals surface area contributed by atoms with Crippen molar-refractivity contribution in [1.29, 1.82) is 0 Å². The van der Waals surface area contributed by atoms with E-state index in [-0.39, 0.29) is 17.2 Å². The van der Waals surface area contributed by atoms with Gasteiger partial charge in [-0.3, -0.25) is 30.7 Å². The molecule has 3 heterocycles. The van der Waals surface area contributed by atoms with Crippen molar-refractivity contribution in [3.8, 4) is 0 Å². The van der Waals surface area contributed by atoms with E-state index in [1.165, 1.54) is 23.7 Å². The van der Waals surface area contributed by atoms with Gasteiger partial charge in [0.25, 0.3) is 5.91 Å². The van der Waals surface area contributed by atoms with Crippen LogP contribution >= 0.6 is 11.3 Å². The van der Waals surface area contributed by atoms with E-state index in [1.807, 2.05) is 24.3 Å². The minimum absolute atomic E-state index is 0.0535. The van der Waals surface area contributed by atoms with E-state index in [1.54, 1.807) is 12.1 Å². The summed E-state index contributed by atoms with van der Waals surface area (Å²) in [6.45, 7) is 0. The summed E-state index contributed by atoms with van der Waals surface area (Å²) in [7, 11) is 0. The van der Waals surface area contributed by atoms with Crippen LogP contribution in [0.3, 0.4) is 0 Å². The summed E-state index contributed by atoms with van der Waals surface area (Å²) in [4.78, 5) is 39.1. The number of amides is 1. The number of thiazole rings is 1. The topological polar surface area (TPSA) is 148 Å². The van der Waals surface area contributed by atoms with Gasteiger partial charge in [-0.2, -0.15) is 0 Å². The van der Waals surface area contributed by atoms with Crippen LogP contribution < -0.4 is 16.2 Å². The van der Waals surface area contributed by atoms with Crippen LogP contribution in [0, 0.1) is 10.1 Å². The average Bonchev–Trinajstić information content (AvgIpc) is 3.14. The van der Waals surface area contributed by atoms with Gasteiger partial charge in [0.05, 0.1) is 20.7 Å². The van der Waals surface area contributed by atoms with Crippen molar-refractivity contribution in [1.82, 2.24) is 25.4 Å². The number of hydrogen-bond donors (Lipinski definition) is 3. The van der Waals surface area contributed by atoms with Gasteiger partial charge in [-0.1, -0.05) is 23.5 Å². The number of anilines is 3. The number of fused-ring (bicyclic) bond motifs is 1. The first kappa shape index (κ1) is 18.2. The van der Waals surface area contributed by atoms with Crippen LogP contribution in [-0.4, -0.2) is 30.8 Å². The standard InChI is InChI=1S/C17H12N8O3S/c26-16(10-4-3-7-18-8-10)24-23-15-13(25(27)28)14(19-9-20-15)22-17-21-11-5-1-2-6-12(11)29-17/h1-9H,(H,24,26)(H2,19,20,21,22,23). The Morgan fingerprint density at radius 2 is 1.93 bits per heavy atom. The minimum atomic E-state index is -0.645. The summed E-state index contributed by atoms with van der Waals surface area (Å²) >= 11 is 1.33. The van der Waals surface area contributed by atoms with E-state index in [0.717, 1.165) is 16.5 Å². The number of hydrazine groups is 1. The second kappa shape index (κ2) is 7.82. The molecule has 0 radical (unpaired) electrons. The molecule has 3 aromatic heterocycles. The number of benzene rings is 1. The summed E-state index contributed by atoms with van der Waals surface area (Å²) in [5.74, 6) is -0.750. The van der Waals surface area contributed by atoms with Crippen molar-refractivity contribution < 1.29 is 9.72 Å². The van der Waals surface area contributed by atoms with Gasteiger partial charge >= 0.3 is 5.69 Å². The number of hydrogen-bond acceptors (Lipinski definition) is 10. The SMILES string of the molecule is O=C(NNc1ncnc(Nc2nc3ccccc3s2)c1[N+](=O)[O-])c1cccnc1. The van der Waals surface area contributed by atoms with E-state index >= 15 is 0 Å². The van der Waals surface area contributed by atoms with Gasteiger partial charge < -0.3 is 5.32 Å². The number of para-hydroxylation sites is 1. The molecular weight excluding hydrogens is 396 g/mol. The van der Waals surface area contributed by atoms with Crippen molar-refractivity contribution in [2.45, 2.75) is 0 Å². The number of nitrogens with one attached hydrogen (secondary N) is 3. The fourth-order valence-corrected chi connectivity index (χ4v) is 3.31. The lowest BCUT2D eigenvalue weighted by molar-refractivity contribution is -0.383. The Labute approximate surface area is 167 Å². The third kappa shape index (κ3) is 3.91. The molecule has 4 rings (SSSR count). The predicted molar refractivity (Wildman–Crippen MR) is 107 cm³/mol. The molecule has 144 valence electrons. The molecule has 0 fully saturated rings. The third-order valence-corrected chi connectivity index (χ3v) is 4.69. The Balaban J connectivity index is 1.58. The molecule has 12 heteroatoms. The van der Waals surface area contributed by atoms with E-state index in [2.05, 4.69) is 36.1 Å². The molecule has 4 aromatic rings. The number of carbonyl (C=O) groups is 1. The Hall–Kier alpha value is -4.19. The highest BCUT2D eigenvalue weighted by Crippen LogP contribution is 2.33. The molecular formula is C17H12N8O3S. The van der Waals surface area contributed by atoms with Crippen molar-refractivity contribution >= 4 is 49.9 Å². The van der Waals surface area contributed by atoms with Crippen molar-refractivity contribution in [2.24, 2.45) is 0 Å². The van der Waals surface area contributed by atoms with Crippen molar-refractivity contribution in [3.63, 3.8) is 0 Å². The molecule has 11 nitrogen and oxygen atoms in total. The number of pyridine rings is 1. The molecule has 0 saturated heterocycles. The van der Waals surface area contributed by atoms with Crippen molar-refractivity contribution in [2.75, 3.05) is 10.7 Å². The highest BCUT2D eigenvalue weighted by molar-refractivity contribution is 7.22. The number of nitro groups is 1. The predicted octanol–water partition coefficient (Wildman–Crippen LogP) is 2.89. The molecule has 1 amide bonds. The first-order valence-electron chi connectivity index (χ1n) is 8.20. The van der Waals surface area contributed by atoms with Crippen LogP contribution in [0.15, 0.2) is 55.1 Å². The lowest BCUT2D eigenvalue weighted by Gasteiger charge is -2.09. The van der Waals surface area contributed by atoms with Gasteiger partial charge in [0, 0.05) is 12.4 Å². The Morgan fingerprint density at radius 1 is 1.10 bits per heavy atom. The molecule has 3 N–H and O–H groups in total. The smallest absolute Gasteiger partial charge is 0.310 e. The van der Waals surface area contributed by atoms with E-state index < -0.39 is 16.5 Å². The maximum atomic E-state index is 12.1. The third-order valence-electron chi connectivity index (χ3n) is 3.74. The van der Waals surface area contributed by atoms with Gasteiger partial charge in [-0.05, 0) is 24.3 Å². The second-order valence-corrected chi connectivity index (χ2v) is 6.64. The zero-order chi connectivity index (χ0) is 20.2. The van der Waals surface area contributed by atoms with E-state index in [4.69, 9.17) is 0 Å². The zero-order valence-electron chi connectivity index (χ0n) is 14.6. The maximum Gasteiger partial charge on any atom is 0.355 e. The van der Waals surface area contributed by atoms with Crippen LogP contribution in [0.1, 0.15) is 10.4 Å². The van der Waals surface area contributed by atoms with Gasteiger partial charge in [0.2, 0.25) is 11.6 Å². The van der Waals surface area contributed by atoms with Crippen LogP contribution in [0.5, 0.6) is 0 Å². The summed E-state index contributed by atoms with van der Waals surface area (Å²) in [5.41, 5.74) is 5.44. The van der Waals surface area contributed by atoms with Gasteiger partial charge in [-0.15, -0.1) is 0 Å². The molecule has 0 atom stereocenters. The summed E-state index contributed by atoms with van der Waals surface area (Å²) < 4.78 is 0.925. The number of rotatable bonds is 6. The molecule has 0 bridgehead atoms.